The van der Waals surface area contributed by atoms with E-state index in [9.17, 15) is 0 Å². The Morgan fingerprint density at radius 1 is 0.270 bits per heavy atom. The van der Waals surface area contributed by atoms with Crippen LogP contribution in [-0.2, 0) is 21.7 Å². The van der Waals surface area contributed by atoms with Crippen LogP contribution in [0.25, 0.3) is 34.4 Å². The van der Waals surface area contributed by atoms with Crippen molar-refractivity contribution >= 4 is 46.3 Å². The molecule has 2 aliphatic heterocycles. The van der Waals surface area contributed by atoms with E-state index in [1.165, 1.54) is 117 Å². The third-order valence-corrected chi connectivity index (χ3v) is 17.5. The van der Waals surface area contributed by atoms with Crippen LogP contribution in [0.3, 0.4) is 0 Å². The van der Waals surface area contributed by atoms with Gasteiger partial charge < -0.3 is 9.80 Å². The van der Waals surface area contributed by atoms with Gasteiger partial charge in [-0.3, -0.25) is 0 Å². The molecule has 0 saturated heterocycles. The van der Waals surface area contributed by atoms with Crippen LogP contribution in [0.5, 0.6) is 0 Å². The molecular formula is C72H58N2. The number of nitrogens with zero attached hydrogens (tertiary/aromatic N) is 2. The Hall–Kier alpha value is -8.46. The molecule has 0 amide bonds. The lowest BCUT2D eigenvalue weighted by Crippen LogP contribution is -2.31. The van der Waals surface area contributed by atoms with Crippen molar-refractivity contribution in [3.8, 4) is 22.3 Å². The van der Waals surface area contributed by atoms with Crippen LogP contribution in [-0.4, -0.2) is 0 Å². The van der Waals surface area contributed by atoms with E-state index in [0.29, 0.717) is 0 Å². The Labute approximate surface area is 436 Å². The van der Waals surface area contributed by atoms with E-state index in [-0.39, 0.29) is 16.2 Å². The second-order valence-electron chi connectivity index (χ2n) is 22.5. The molecular weight excluding hydrogens is 893 g/mol. The zero-order chi connectivity index (χ0) is 50.1. The molecule has 0 spiro atoms. The summed E-state index contributed by atoms with van der Waals surface area (Å²) in [5.74, 6) is 0. The van der Waals surface area contributed by atoms with Crippen LogP contribution in [0.1, 0.15) is 108 Å². The third-order valence-electron chi connectivity index (χ3n) is 17.5. The van der Waals surface area contributed by atoms with Gasteiger partial charge in [0.2, 0.25) is 0 Å². The van der Waals surface area contributed by atoms with E-state index in [0.717, 1.165) is 5.69 Å². The van der Waals surface area contributed by atoms with Gasteiger partial charge >= 0.3 is 0 Å². The summed E-state index contributed by atoms with van der Waals surface area (Å²) in [6.07, 6.45) is 4.63. The van der Waals surface area contributed by atoms with Crippen LogP contribution in [0.2, 0.25) is 0 Å². The van der Waals surface area contributed by atoms with E-state index in [1.54, 1.807) is 0 Å². The Kier molecular flexibility index (Phi) is 9.58. The molecule has 4 aliphatic rings. The molecule has 10 aromatic carbocycles. The van der Waals surface area contributed by atoms with Gasteiger partial charge in [-0.15, -0.1) is 0 Å². The normalized spacial score (nSPS) is 16.3. The summed E-state index contributed by atoms with van der Waals surface area (Å²) in [6, 6.07) is 86.8. The van der Waals surface area contributed by atoms with Crippen LogP contribution in [0.4, 0.5) is 34.1 Å². The molecule has 0 saturated carbocycles. The molecule has 0 bridgehead atoms. The van der Waals surface area contributed by atoms with Crippen molar-refractivity contribution in [3.63, 3.8) is 0 Å². The minimum atomic E-state index is -0.572. The second-order valence-corrected chi connectivity index (χ2v) is 22.5. The molecule has 0 atom stereocenters. The third kappa shape index (κ3) is 6.18. The van der Waals surface area contributed by atoms with Gasteiger partial charge in [0.05, 0.1) is 28.2 Å². The molecule has 74 heavy (non-hydrogen) atoms. The van der Waals surface area contributed by atoms with Crippen molar-refractivity contribution in [1.29, 1.82) is 0 Å². The molecule has 0 aromatic heterocycles. The van der Waals surface area contributed by atoms with Gasteiger partial charge in [-0.25, -0.2) is 0 Å². The fourth-order valence-electron chi connectivity index (χ4n) is 13.8. The monoisotopic (exact) mass is 950 g/mol. The first-order chi connectivity index (χ1) is 36.0. The molecule has 14 rings (SSSR count). The zero-order valence-electron chi connectivity index (χ0n) is 43.0. The average Bonchev–Trinajstić information content (AvgIpc) is 3.85. The van der Waals surface area contributed by atoms with Gasteiger partial charge in [-0.1, -0.05) is 230 Å². The van der Waals surface area contributed by atoms with Gasteiger partial charge in [0.25, 0.3) is 0 Å². The van der Waals surface area contributed by atoms with E-state index in [1.807, 2.05) is 0 Å². The van der Waals surface area contributed by atoms with E-state index >= 15 is 0 Å². The minimum absolute atomic E-state index is 0.103. The van der Waals surface area contributed by atoms with Gasteiger partial charge in [-0.2, -0.15) is 0 Å². The van der Waals surface area contributed by atoms with Crippen molar-refractivity contribution in [2.45, 2.75) is 63.2 Å². The van der Waals surface area contributed by atoms with Gasteiger partial charge in [0, 0.05) is 27.6 Å². The van der Waals surface area contributed by atoms with Crippen molar-refractivity contribution < 1.29 is 0 Å². The summed E-state index contributed by atoms with van der Waals surface area (Å²) in [7, 11) is 0. The van der Waals surface area contributed by atoms with E-state index in [4.69, 9.17) is 0 Å². The van der Waals surface area contributed by atoms with Crippen molar-refractivity contribution in [3.05, 3.63) is 297 Å². The smallest absolute Gasteiger partial charge is 0.0714 e. The Bertz CT molecular complexity index is 3810. The molecule has 2 heteroatoms. The number of fused-ring (bicyclic) bond motifs is 10. The Balaban J connectivity index is 0.857. The van der Waals surface area contributed by atoms with Gasteiger partial charge in [0.1, 0.15) is 0 Å². The number of hydrogen-bond acceptors (Lipinski definition) is 2. The Morgan fingerprint density at radius 2 is 0.568 bits per heavy atom. The maximum atomic E-state index is 2.50. The molecule has 0 radical (unpaired) electrons. The number of rotatable bonds is 6. The molecule has 0 unspecified atom stereocenters. The van der Waals surface area contributed by atoms with Crippen LogP contribution >= 0.6 is 0 Å². The summed E-state index contributed by atoms with van der Waals surface area (Å²) in [6.45, 7) is 14.2. The zero-order valence-corrected chi connectivity index (χ0v) is 43.0. The van der Waals surface area contributed by atoms with E-state index in [2.05, 4.69) is 294 Å². The quantitative estimate of drug-likeness (QED) is 0.153. The van der Waals surface area contributed by atoms with Crippen molar-refractivity contribution in [1.82, 2.24) is 0 Å². The summed E-state index contributed by atoms with van der Waals surface area (Å²) in [4.78, 5) is 4.98. The van der Waals surface area contributed by atoms with E-state index < -0.39 is 5.41 Å². The van der Waals surface area contributed by atoms with Crippen LogP contribution in [0, 0.1) is 0 Å². The lowest BCUT2D eigenvalue weighted by molar-refractivity contribution is 0.631. The maximum absolute atomic E-state index is 2.50. The van der Waals surface area contributed by atoms with Crippen LogP contribution < -0.4 is 9.80 Å². The predicted molar refractivity (Wildman–Crippen MR) is 310 cm³/mol. The summed E-state index contributed by atoms with van der Waals surface area (Å²) >= 11 is 0. The molecule has 2 aliphatic carbocycles. The highest BCUT2D eigenvalue weighted by molar-refractivity contribution is 5.94. The lowest BCUT2D eigenvalue weighted by Gasteiger charge is -2.42. The second kappa shape index (κ2) is 16.0. The highest BCUT2D eigenvalue weighted by atomic mass is 15.2. The van der Waals surface area contributed by atoms with Crippen LogP contribution in [0.15, 0.2) is 231 Å². The number of hydrogen-bond donors (Lipinski definition) is 0. The molecule has 356 valence electrons. The number of anilines is 6. The molecule has 2 heterocycles. The Morgan fingerprint density at radius 3 is 0.986 bits per heavy atom. The molecule has 0 N–H and O–H groups in total. The number of benzene rings is 10. The first kappa shape index (κ1) is 44.3. The predicted octanol–water partition coefficient (Wildman–Crippen LogP) is 18.7. The highest BCUT2D eigenvalue weighted by Crippen LogP contribution is 2.60. The molecule has 10 aromatic rings. The first-order valence-electron chi connectivity index (χ1n) is 26.3. The number of para-hydroxylation sites is 4. The standard InChI is InChI=1S/C72H58N2/c1-69(2)57-25-13-17-29-65(57)73(66-30-18-14-26-58(66)69)51-37-41-54-53-39-35-47(43-61(53)71(5,6)62(54)45-51)33-34-48-36-40-55-56-42-38-52(74-67-31-19-15-27-59(67)70(3,4)60-28-16-20-32-68(60)74)46-64(56)72(63(55)44-48,49-21-9-7-10-22-49)50-23-11-8-12-24-50/h7-46H,1-6H3/b34-33+. The summed E-state index contributed by atoms with van der Waals surface area (Å²) in [5.41, 5.74) is 27.0. The highest BCUT2D eigenvalue weighted by Gasteiger charge is 2.47. The minimum Gasteiger partial charge on any atom is -0.310 e. The topological polar surface area (TPSA) is 6.48 Å². The summed E-state index contributed by atoms with van der Waals surface area (Å²) in [5, 5.41) is 0. The first-order valence-corrected chi connectivity index (χ1v) is 26.3. The SMILES string of the molecule is CC1(C)c2cc(/C=C/c3ccc4c(c3)C(c3ccccc3)(c3ccccc3)c3cc(N5c6ccccc6C(C)(C)c6ccccc65)ccc3-4)ccc2-c2ccc(N3c4ccccc4C(C)(C)c4ccccc43)cc21. The maximum Gasteiger partial charge on any atom is 0.0714 e. The summed E-state index contributed by atoms with van der Waals surface area (Å²) < 4.78 is 0. The average molecular weight is 951 g/mol. The molecule has 2 nitrogen and oxygen atoms in total. The van der Waals surface area contributed by atoms with Gasteiger partial charge in [-0.05, 0) is 144 Å². The molecule has 0 fully saturated rings. The van der Waals surface area contributed by atoms with Gasteiger partial charge in [0.15, 0.2) is 0 Å². The fraction of sp³-hybridized carbons (Fsp3) is 0.139. The fourth-order valence-corrected chi connectivity index (χ4v) is 13.8. The van der Waals surface area contributed by atoms with Crippen molar-refractivity contribution in [2.75, 3.05) is 9.80 Å². The lowest BCUT2D eigenvalue weighted by atomic mass is 9.67. The largest absolute Gasteiger partial charge is 0.310 e. The van der Waals surface area contributed by atoms with Crippen molar-refractivity contribution in [2.24, 2.45) is 0 Å².